The molecule has 1 N–H and O–H groups in total. The highest BCUT2D eigenvalue weighted by atomic mass is 35.5. The Bertz CT molecular complexity index is 524. The molecule has 1 aromatic carbocycles. The van der Waals surface area contributed by atoms with Crippen LogP contribution in [-0.2, 0) is 0 Å². The van der Waals surface area contributed by atoms with Gasteiger partial charge in [0.05, 0.1) is 13.2 Å². The summed E-state index contributed by atoms with van der Waals surface area (Å²) in [6.45, 7) is 7.49. The standard InChI is InChI=1S/C19H29N3O2.ClH/c1-21-10-12-22(13-11-21)14-19(23)17-2-4-18(5-3-17)24-15-16-6-8-20-9-7-16;/h2-5,16,20H,6-15H2,1H3;1H. The van der Waals surface area contributed by atoms with Crippen LogP contribution in [0, 0.1) is 5.92 Å². The molecule has 0 radical (unpaired) electrons. The number of rotatable bonds is 6. The highest BCUT2D eigenvalue weighted by Gasteiger charge is 2.18. The van der Waals surface area contributed by atoms with Crippen molar-refractivity contribution < 1.29 is 9.53 Å². The van der Waals surface area contributed by atoms with Gasteiger partial charge in [-0.05, 0) is 63.2 Å². The Morgan fingerprint density at radius 2 is 1.76 bits per heavy atom. The molecule has 0 unspecified atom stereocenters. The number of nitrogens with zero attached hydrogens (tertiary/aromatic N) is 2. The molecule has 0 bridgehead atoms. The normalized spacial score (nSPS) is 20.0. The van der Waals surface area contributed by atoms with Gasteiger partial charge in [-0.3, -0.25) is 9.69 Å². The minimum Gasteiger partial charge on any atom is -0.493 e. The number of carbonyl (C=O) groups excluding carboxylic acids is 1. The Hall–Kier alpha value is -1.14. The first-order chi connectivity index (χ1) is 11.7. The largest absolute Gasteiger partial charge is 0.493 e. The molecule has 25 heavy (non-hydrogen) atoms. The van der Waals surface area contributed by atoms with Crippen LogP contribution in [0.2, 0.25) is 0 Å². The molecule has 0 aromatic heterocycles. The molecule has 2 heterocycles. The van der Waals surface area contributed by atoms with Gasteiger partial charge in [-0.25, -0.2) is 0 Å². The molecule has 2 aliphatic rings. The van der Waals surface area contributed by atoms with Crippen molar-refractivity contribution in [1.29, 1.82) is 0 Å². The van der Waals surface area contributed by atoms with Gasteiger partial charge in [0.2, 0.25) is 0 Å². The number of ketones is 1. The molecule has 2 saturated heterocycles. The molecule has 140 valence electrons. The van der Waals surface area contributed by atoms with Crippen molar-refractivity contribution in [3.63, 3.8) is 0 Å². The molecule has 5 nitrogen and oxygen atoms in total. The maximum Gasteiger partial charge on any atom is 0.176 e. The molecule has 2 aliphatic heterocycles. The summed E-state index contributed by atoms with van der Waals surface area (Å²) < 4.78 is 5.89. The van der Waals surface area contributed by atoms with E-state index in [1.165, 1.54) is 12.8 Å². The Kier molecular flexibility index (Phi) is 8.16. The lowest BCUT2D eigenvalue weighted by atomic mass is 9.99. The highest BCUT2D eigenvalue weighted by Crippen LogP contribution is 2.17. The topological polar surface area (TPSA) is 44.8 Å². The summed E-state index contributed by atoms with van der Waals surface area (Å²) in [5.41, 5.74) is 0.781. The maximum absolute atomic E-state index is 12.4. The zero-order chi connectivity index (χ0) is 16.8. The Morgan fingerprint density at radius 3 is 2.40 bits per heavy atom. The van der Waals surface area contributed by atoms with Crippen molar-refractivity contribution in [3.05, 3.63) is 29.8 Å². The second kappa shape index (κ2) is 10.1. The number of halogens is 1. The van der Waals surface area contributed by atoms with Crippen LogP contribution in [0.1, 0.15) is 23.2 Å². The average Bonchev–Trinajstić information content (AvgIpc) is 2.63. The second-order valence-electron chi connectivity index (χ2n) is 7.03. The third kappa shape index (κ3) is 6.26. The van der Waals surface area contributed by atoms with Gasteiger partial charge in [-0.15, -0.1) is 12.4 Å². The van der Waals surface area contributed by atoms with Crippen LogP contribution in [-0.4, -0.2) is 75.1 Å². The van der Waals surface area contributed by atoms with Gasteiger partial charge in [0, 0.05) is 31.7 Å². The number of piperidine rings is 1. The zero-order valence-corrected chi connectivity index (χ0v) is 15.9. The fraction of sp³-hybridized carbons (Fsp3) is 0.632. The lowest BCUT2D eigenvalue weighted by molar-refractivity contribution is 0.0876. The van der Waals surface area contributed by atoms with Crippen molar-refractivity contribution in [3.8, 4) is 5.75 Å². The van der Waals surface area contributed by atoms with E-state index in [1.807, 2.05) is 24.3 Å². The number of piperazine rings is 1. The number of carbonyl (C=O) groups is 1. The molecule has 0 atom stereocenters. The quantitative estimate of drug-likeness (QED) is 0.778. The molecule has 0 spiro atoms. The van der Waals surface area contributed by atoms with Crippen molar-refractivity contribution in [2.75, 3.05) is 59.5 Å². The van der Waals surface area contributed by atoms with Gasteiger partial charge in [0.25, 0.3) is 0 Å². The number of benzene rings is 1. The van der Waals surface area contributed by atoms with Crippen LogP contribution in [0.15, 0.2) is 24.3 Å². The zero-order valence-electron chi connectivity index (χ0n) is 15.1. The summed E-state index contributed by atoms with van der Waals surface area (Å²) in [7, 11) is 2.13. The van der Waals surface area contributed by atoms with Crippen molar-refractivity contribution in [2.24, 2.45) is 5.92 Å². The molecule has 0 amide bonds. The fourth-order valence-corrected chi connectivity index (χ4v) is 3.30. The Balaban J connectivity index is 0.00000225. The van der Waals surface area contributed by atoms with Gasteiger partial charge >= 0.3 is 0 Å². The summed E-state index contributed by atoms with van der Waals surface area (Å²) in [6.07, 6.45) is 2.36. The number of hydrogen-bond donors (Lipinski definition) is 1. The first-order valence-corrected chi connectivity index (χ1v) is 9.08. The van der Waals surface area contributed by atoms with Crippen LogP contribution < -0.4 is 10.1 Å². The molecule has 3 rings (SSSR count). The van der Waals surface area contributed by atoms with E-state index in [-0.39, 0.29) is 18.2 Å². The van der Waals surface area contributed by atoms with Crippen molar-refractivity contribution in [1.82, 2.24) is 15.1 Å². The van der Waals surface area contributed by atoms with E-state index < -0.39 is 0 Å². The smallest absolute Gasteiger partial charge is 0.176 e. The first-order valence-electron chi connectivity index (χ1n) is 9.08. The van der Waals surface area contributed by atoms with Crippen LogP contribution >= 0.6 is 12.4 Å². The van der Waals surface area contributed by atoms with Crippen LogP contribution in [0.4, 0.5) is 0 Å². The number of Topliss-reactive ketones (excluding diaryl/α,β-unsaturated/α-hetero) is 1. The minimum absolute atomic E-state index is 0. The van der Waals surface area contributed by atoms with Gasteiger partial charge in [-0.2, -0.15) is 0 Å². The third-order valence-corrected chi connectivity index (χ3v) is 5.08. The molecular formula is C19H30ClN3O2. The van der Waals surface area contributed by atoms with E-state index in [0.29, 0.717) is 12.5 Å². The van der Waals surface area contributed by atoms with Crippen LogP contribution in [0.3, 0.4) is 0 Å². The molecular weight excluding hydrogens is 338 g/mol. The van der Waals surface area contributed by atoms with E-state index >= 15 is 0 Å². The van der Waals surface area contributed by atoms with Crippen molar-refractivity contribution in [2.45, 2.75) is 12.8 Å². The predicted molar refractivity (Wildman–Crippen MR) is 103 cm³/mol. The third-order valence-electron chi connectivity index (χ3n) is 5.08. The number of hydrogen-bond acceptors (Lipinski definition) is 5. The molecule has 1 aromatic rings. The predicted octanol–water partition coefficient (Wildman–Crippen LogP) is 1.92. The van der Waals surface area contributed by atoms with Gasteiger partial charge in [0.1, 0.15) is 5.75 Å². The van der Waals surface area contributed by atoms with E-state index in [1.54, 1.807) is 0 Å². The van der Waals surface area contributed by atoms with E-state index in [0.717, 1.165) is 57.2 Å². The van der Waals surface area contributed by atoms with E-state index in [2.05, 4.69) is 22.2 Å². The van der Waals surface area contributed by atoms with Gasteiger partial charge in [-0.1, -0.05) is 0 Å². The lowest BCUT2D eigenvalue weighted by Gasteiger charge is -2.31. The number of ether oxygens (including phenoxy) is 1. The monoisotopic (exact) mass is 367 g/mol. The second-order valence-corrected chi connectivity index (χ2v) is 7.03. The lowest BCUT2D eigenvalue weighted by Crippen LogP contribution is -2.46. The van der Waals surface area contributed by atoms with Gasteiger partial charge in [0.15, 0.2) is 5.78 Å². The van der Waals surface area contributed by atoms with Crippen LogP contribution in [0.25, 0.3) is 0 Å². The molecule has 0 aliphatic carbocycles. The molecule has 2 fully saturated rings. The first kappa shape index (κ1) is 20.2. The minimum atomic E-state index is 0. The SMILES string of the molecule is CN1CCN(CC(=O)c2ccc(OCC3CCNCC3)cc2)CC1.Cl. The molecule has 0 saturated carbocycles. The fourth-order valence-electron chi connectivity index (χ4n) is 3.30. The van der Waals surface area contributed by atoms with Crippen molar-refractivity contribution >= 4 is 18.2 Å². The summed E-state index contributed by atoms with van der Waals surface area (Å²) in [5.74, 6) is 1.71. The maximum atomic E-state index is 12.4. The summed E-state index contributed by atoms with van der Waals surface area (Å²) in [6, 6.07) is 7.66. The average molecular weight is 368 g/mol. The highest BCUT2D eigenvalue weighted by molar-refractivity contribution is 5.97. The van der Waals surface area contributed by atoms with E-state index in [4.69, 9.17) is 4.74 Å². The van der Waals surface area contributed by atoms with E-state index in [9.17, 15) is 4.79 Å². The number of likely N-dealkylation sites (N-methyl/N-ethyl adjacent to an activating group) is 1. The number of nitrogens with one attached hydrogen (secondary N) is 1. The summed E-state index contributed by atoms with van der Waals surface area (Å²) in [5, 5.41) is 3.37. The Morgan fingerprint density at radius 1 is 1.12 bits per heavy atom. The summed E-state index contributed by atoms with van der Waals surface area (Å²) in [4.78, 5) is 16.9. The summed E-state index contributed by atoms with van der Waals surface area (Å²) >= 11 is 0. The Labute approximate surface area is 157 Å². The van der Waals surface area contributed by atoms with Gasteiger partial charge < -0.3 is 15.0 Å². The van der Waals surface area contributed by atoms with Crippen LogP contribution in [0.5, 0.6) is 5.75 Å². The molecule has 6 heteroatoms.